The van der Waals surface area contributed by atoms with Crippen LogP contribution in [0.2, 0.25) is 0 Å². The molecule has 0 saturated heterocycles. The Morgan fingerprint density at radius 2 is 1.94 bits per heavy atom. The van der Waals surface area contributed by atoms with Crippen molar-refractivity contribution in [3.63, 3.8) is 0 Å². The topological polar surface area (TPSA) is 28.2 Å². The molecule has 18 heavy (non-hydrogen) atoms. The molecule has 0 unspecified atom stereocenters. The molecular weight excluding hydrogens is 290 g/mol. The van der Waals surface area contributed by atoms with Crippen molar-refractivity contribution in [2.24, 2.45) is 0 Å². The zero-order chi connectivity index (χ0) is 13.0. The summed E-state index contributed by atoms with van der Waals surface area (Å²) < 4.78 is 1.10. The van der Waals surface area contributed by atoms with Crippen LogP contribution in [0.5, 0.6) is 0 Å². The van der Waals surface area contributed by atoms with Gasteiger partial charge in [0.2, 0.25) is 0 Å². The molecule has 0 fully saturated rings. The smallest absolute Gasteiger partial charge is 0.0573 e. The molecule has 0 spiro atoms. The fraction of sp³-hybridized carbons (Fsp3) is 0.214. The minimum absolute atomic E-state index is 0.863. The van der Waals surface area contributed by atoms with E-state index in [1.807, 2.05) is 19.4 Å². The van der Waals surface area contributed by atoms with Crippen LogP contribution in [-0.2, 0) is 6.54 Å². The van der Waals surface area contributed by atoms with Gasteiger partial charge in [-0.05, 0) is 23.8 Å². The highest BCUT2D eigenvalue weighted by atomic mass is 79.9. The molecule has 94 valence electrons. The highest BCUT2D eigenvalue weighted by Gasteiger charge is 2.03. The quantitative estimate of drug-likeness (QED) is 0.937. The van der Waals surface area contributed by atoms with Crippen molar-refractivity contribution in [3.8, 4) is 0 Å². The lowest BCUT2D eigenvalue weighted by molar-refractivity contribution is 0.918. The third-order valence-electron chi connectivity index (χ3n) is 2.79. The van der Waals surface area contributed by atoms with Gasteiger partial charge in [0.25, 0.3) is 0 Å². The molecule has 1 N–H and O–H groups in total. The monoisotopic (exact) mass is 305 g/mol. The van der Waals surface area contributed by atoms with E-state index >= 15 is 0 Å². The van der Waals surface area contributed by atoms with Crippen LogP contribution in [0.3, 0.4) is 0 Å². The second-order valence-corrected chi connectivity index (χ2v) is 5.08. The van der Waals surface area contributed by atoms with Crippen LogP contribution in [0.4, 0.5) is 11.4 Å². The first-order valence-electron chi connectivity index (χ1n) is 5.77. The molecule has 1 aromatic carbocycles. The Bertz CT molecular complexity index is 511. The third kappa shape index (κ3) is 3.23. The highest BCUT2D eigenvalue weighted by Crippen LogP contribution is 2.19. The predicted molar refractivity (Wildman–Crippen MR) is 80.0 cm³/mol. The number of hydrogen-bond acceptors (Lipinski definition) is 3. The molecule has 0 saturated carbocycles. The molecule has 2 rings (SSSR count). The summed E-state index contributed by atoms with van der Waals surface area (Å²) in [6.07, 6.45) is 3.69. The molecule has 0 bridgehead atoms. The van der Waals surface area contributed by atoms with Gasteiger partial charge in [-0.1, -0.05) is 28.1 Å². The van der Waals surface area contributed by atoms with Crippen molar-refractivity contribution in [1.29, 1.82) is 0 Å². The van der Waals surface area contributed by atoms with Gasteiger partial charge in [0.05, 0.1) is 23.8 Å². The summed E-state index contributed by atoms with van der Waals surface area (Å²) in [6.45, 7) is 0.863. The molecule has 0 atom stereocenters. The average Bonchev–Trinajstić information content (AvgIpc) is 2.41. The maximum absolute atomic E-state index is 4.22. The van der Waals surface area contributed by atoms with Crippen molar-refractivity contribution < 1.29 is 0 Å². The second-order valence-electron chi connectivity index (χ2n) is 4.16. The standard InChI is InChI=1S/C14H16BrN3/c1-16-13-7-14(9-17-8-13)18(2)10-11-3-5-12(15)6-4-11/h3-9,16H,10H2,1-2H3. The molecule has 0 aliphatic carbocycles. The normalized spacial score (nSPS) is 10.2. The number of rotatable bonds is 4. The zero-order valence-corrected chi connectivity index (χ0v) is 12.1. The van der Waals surface area contributed by atoms with Crippen molar-refractivity contribution in [1.82, 2.24) is 4.98 Å². The lowest BCUT2D eigenvalue weighted by atomic mass is 10.2. The van der Waals surface area contributed by atoms with Gasteiger partial charge in [0.15, 0.2) is 0 Å². The first kappa shape index (κ1) is 12.9. The molecule has 2 aromatic rings. The van der Waals surface area contributed by atoms with Crippen LogP contribution < -0.4 is 10.2 Å². The van der Waals surface area contributed by atoms with Gasteiger partial charge in [-0.15, -0.1) is 0 Å². The van der Waals surface area contributed by atoms with Crippen molar-refractivity contribution in [2.75, 3.05) is 24.3 Å². The summed E-state index contributed by atoms with van der Waals surface area (Å²) >= 11 is 3.44. The van der Waals surface area contributed by atoms with E-state index in [0.29, 0.717) is 0 Å². The van der Waals surface area contributed by atoms with Gasteiger partial charge in [-0.25, -0.2) is 0 Å². The molecule has 0 radical (unpaired) electrons. The number of hydrogen-bond donors (Lipinski definition) is 1. The number of halogens is 1. The SMILES string of the molecule is CNc1cncc(N(C)Cc2ccc(Br)cc2)c1. The van der Waals surface area contributed by atoms with Crippen molar-refractivity contribution in [2.45, 2.75) is 6.54 Å². The summed E-state index contributed by atoms with van der Waals surface area (Å²) in [5, 5.41) is 3.10. The van der Waals surface area contributed by atoms with E-state index in [1.165, 1.54) is 5.56 Å². The van der Waals surface area contributed by atoms with Crippen LogP contribution in [0, 0.1) is 0 Å². The average molecular weight is 306 g/mol. The van der Waals surface area contributed by atoms with Crippen LogP contribution >= 0.6 is 15.9 Å². The van der Waals surface area contributed by atoms with E-state index in [1.54, 1.807) is 0 Å². The first-order valence-corrected chi connectivity index (χ1v) is 6.57. The molecular formula is C14H16BrN3. The number of anilines is 2. The summed E-state index contributed by atoms with van der Waals surface area (Å²) in [5.41, 5.74) is 3.40. The Morgan fingerprint density at radius 1 is 1.22 bits per heavy atom. The Kier molecular flexibility index (Phi) is 4.20. The largest absolute Gasteiger partial charge is 0.387 e. The molecule has 1 heterocycles. The number of pyridine rings is 1. The number of nitrogens with one attached hydrogen (secondary N) is 1. The maximum Gasteiger partial charge on any atom is 0.0573 e. The van der Waals surface area contributed by atoms with Gasteiger partial charge in [-0.3, -0.25) is 4.98 Å². The van der Waals surface area contributed by atoms with Gasteiger partial charge in [0.1, 0.15) is 0 Å². The number of nitrogens with zero attached hydrogens (tertiary/aromatic N) is 2. The van der Waals surface area contributed by atoms with Crippen LogP contribution in [0.25, 0.3) is 0 Å². The van der Waals surface area contributed by atoms with Gasteiger partial charge >= 0.3 is 0 Å². The minimum Gasteiger partial charge on any atom is -0.387 e. The molecule has 0 aliphatic rings. The molecule has 3 nitrogen and oxygen atoms in total. The summed E-state index contributed by atoms with van der Waals surface area (Å²) in [7, 11) is 3.97. The van der Waals surface area contributed by atoms with Crippen LogP contribution in [0.15, 0.2) is 47.2 Å². The summed E-state index contributed by atoms with van der Waals surface area (Å²) in [4.78, 5) is 6.40. The Hall–Kier alpha value is -1.55. The fourth-order valence-electron chi connectivity index (χ4n) is 1.73. The third-order valence-corrected chi connectivity index (χ3v) is 3.31. The zero-order valence-electron chi connectivity index (χ0n) is 10.5. The Balaban J connectivity index is 2.11. The molecule has 0 aliphatic heterocycles. The second kappa shape index (κ2) is 5.87. The van der Waals surface area contributed by atoms with Crippen molar-refractivity contribution >= 4 is 27.3 Å². The minimum atomic E-state index is 0.863. The number of aromatic nitrogens is 1. The van der Waals surface area contributed by atoms with Gasteiger partial charge in [0, 0.05) is 25.1 Å². The Morgan fingerprint density at radius 3 is 2.61 bits per heavy atom. The summed E-state index contributed by atoms with van der Waals surface area (Å²) in [5.74, 6) is 0. The van der Waals surface area contributed by atoms with E-state index in [9.17, 15) is 0 Å². The van der Waals surface area contributed by atoms with E-state index in [4.69, 9.17) is 0 Å². The summed E-state index contributed by atoms with van der Waals surface area (Å²) in [6, 6.07) is 10.5. The highest BCUT2D eigenvalue weighted by molar-refractivity contribution is 9.10. The van der Waals surface area contributed by atoms with Crippen LogP contribution in [0.1, 0.15) is 5.56 Å². The van der Waals surface area contributed by atoms with E-state index < -0.39 is 0 Å². The molecule has 1 aromatic heterocycles. The van der Waals surface area contributed by atoms with Crippen LogP contribution in [-0.4, -0.2) is 19.1 Å². The van der Waals surface area contributed by atoms with Gasteiger partial charge < -0.3 is 10.2 Å². The van der Waals surface area contributed by atoms with E-state index in [-0.39, 0.29) is 0 Å². The molecule has 0 amide bonds. The number of benzene rings is 1. The maximum atomic E-state index is 4.22. The van der Waals surface area contributed by atoms with E-state index in [2.05, 4.69) is 68.5 Å². The van der Waals surface area contributed by atoms with E-state index in [0.717, 1.165) is 22.4 Å². The van der Waals surface area contributed by atoms with Crippen molar-refractivity contribution in [3.05, 3.63) is 52.8 Å². The lowest BCUT2D eigenvalue weighted by Crippen LogP contribution is -2.16. The fourth-order valence-corrected chi connectivity index (χ4v) is 1.99. The predicted octanol–water partition coefficient (Wildman–Crippen LogP) is 3.52. The molecule has 4 heteroatoms. The van der Waals surface area contributed by atoms with Gasteiger partial charge in [-0.2, -0.15) is 0 Å². The Labute approximate surface area is 116 Å². The first-order chi connectivity index (χ1) is 8.69. The lowest BCUT2D eigenvalue weighted by Gasteiger charge is -2.19.